The highest BCUT2D eigenvalue weighted by molar-refractivity contribution is 5.94. The van der Waals surface area contributed by atoms with Crippen LogP contribution in [0.4, 0.5) is 0 Å². The molecule has 0 radical (unpaired) electrons. The predicted molar refractivity (Wildman–Crippen MR) is 98.0 cm³/mol. The molecule has 0 atom stereocenters. The molecule has 25 heavy (non-hydrogen) atoms. The van der Waals surface area contributed by atoms with Crippen LogP contribution in [0.3, 0.4) is 0 Å². The van der Waals surface area contributed by atoms with E-state index in [1.54, 1.807) is 0 Å². The molecule has 1 amide bonds. The summed E-state index contributed by atoms with van der Waals surface area (Å²) >= 11 is 0. The number of carbonyl (C=O) groups excluding carboxylic acids is 1. The first-order chi connectivity index (χ1) is 11.9. The molecule has 1 N–H and O–H groups in total. The van der Waals surface area contributed by atoms with Crippen molar-refractivity contribution in [2.45, 2.75) is 33.6 Å². The summed E-state index contributed by atoms with van der Waals surface area (Å²) in [6.07, 6.45) is 0.779. The minimum absolute atomic E-state index is 0.000152. The molecule has 3 aromatic rings. The topological polar surface area (TPSA) is 68.0 Å². The molecule has 0 saturated heterocycles. The lowest BCUT2D eigenvalue weighted by Crippen LogP contribution is -2.32. The molecule has 2 aromatic carbocycles. The van der Waals surface area contributed by atoms with E-state index >= 15 is 0 Å². The molecule has 1 aromatic heterocycles. The normalized spacial score (nSPS) is 11.6. The van der Waals surface area contributed by atoms with Gasteiger partial charge in [-0.1, -0.05) is 68.4 Å². The third-order valence-electron chi connectivity index (χ3n) is 3.88. The second-order valence-electron chi connectivity index (χ2n) is 7.38. The van der Waals surface area contributed by atoms with Crippen molar-refractivity contribution in [1.29, 1.82) is 0 Å². The number of fused-ring (bicyclic) bond motifs is 1. The van der Waals surface area contributed by atoms with Gasteiger partial charge < -0.3 is 9.84 Å². The molecule has 0 aliphatic heterocycles. The summed E-state index contributed by atoms with van der Waals surface area (Å²) in [7, 11) is 0. The highest BCUT2D eigenvalue weighted by Crippen LogP contribution is 2.26. The fraction of sp³-hybridized carbons (Fsp3) is 0.350. The van der Waals surface area contributed by atoms with Gasteiger partial charge in [0.25, 0.3) is 0 Å². The van der Waals surface area contributed by atoms with Gasteiger partial charge in [0, 0.05) is 24.9 Å². The lowest BCUT2D eigenvalue weighted by molar-refractivity contribution is -0.121. The smallest absolute Gasteiger partial charge is 0.227 e. The number of hydrogen-bond donors (Lipinski definition) is 1. The van der Waals surface area contributed by atoms with Crippen LogP contribution in [0.2, 0.25) is 0 Å². The number of hydrogen-bond acceptors (Lipinski definition) is 4. The van der Waals surface area contributed by atoms with Crippen molar-refractivity contribution in [3.05, 3.63) is 48.4 Å². The van der Waals surface area contributed by atoms with E-state index < -0.39 is 0 Å². The van der Waals surface area contributed by atoms with Gasteiger partial charge in [-0.25, -0.2) is 0 Å². The zero-order chi connectivity index (χ0) is 17.9. The Morgan fingerprint density at radius 3 is 2.68 bits per heavy atom. The number of rotatable bonds is 5. The van der Waals surface area contributed by atoms with E-state index in [-0.39, 0.29) is 11.3 Å². The Kier molecular flexibility index (Phi) is 4.83. The van der Waals surface area contributed by atoms with E-state index in [1.807, 2.05) is 30.3 Å². The lowest BCUT2D eigenvalue weighted by atomic mass is 9.97. The van der Waals surface area contributed by atoms with Crippen molar-refractivity contribution in [3.8, 4) is 11.4 Å². The number of nitrogens with zero attached hydrogens (tertiary/aromatic N) is 2. The van der Waals surface area contributed by atoms with Gasteiger partial charge in [0.1, 0.15) is 0 Å². The summed E-state index contributed by atoms with van der Waals surface area (Å²) in [5.74, 6) is 1.04. The summed E-state index contributed by atoms with van der Waals surface area (Å²) in [4.78, 5) is 16.4. The van der Waals surface area contributed by atoms with Gasteiger partial charge in [0.05, 0.1) is 0 Å². The molecule has 1 heterocycles. The Morgan fingerprint density at radius 2 is 1.88 bits per heavy atom. The van der Waals surface area contributed by atoms with Crippen LogP contribution in [-0.4, -0.2) is 22.6 Å². The predicted octanol–water partition coefficient (Wildman–Crippen LogP) is 3.98. The summed E-state index contributed by atoms with van der Waals surface area (Å²) < 4.78 is 5.32. The van der Waals surface area contributed by atoms with E-state index in [9.17, 15) is 4.79 Å². The average molecular weight is 337 g/mol. The zero-order valence-corrected chi connectivity index (χ0v) is 14.9. The highest BCUT2D eigenvalue weighted by atomic mass is 16.5. The van der Waals surface area contributed by atoms with Gasteiger partial charge in [-0.05, 0) is 16.2 Å². The maximum atomic E-state index is 11.9. The molecule has 0 fully saturated rings. The second kappa shape index (κ2) is 7.05. The van der Waals surface area contributed by atoms with E-state index in [0.29, 0.717) is 31.1 Å². The average Bonchev–Trinajstić information content (AvgIpc) is 3.06. The van der Waals surface area contributed by atoms with E-state index in [4.69, 9.17) is 4.52 Å². The van der Waals surface area contributed by atoms with Gasteiger partial charge in [0.2, 0.25) is 17.6 Å². The van der Waals surface area contributed by atoms with Crippen LogP contribution in [0.15, 0.2) is 47.0 Å². The minimum Gasteiger partial charge on any atom is -0.356 e. The van der Waals surface area contributed by atoms with E-state index in [2.05, 4.69) is 48.4 Å². The van der Waals surface area contributed by atoms with Crippen molar-refractivity contribution in [2.75, 3.05) is 6.54 Å². The number of benzene rings is 2. The minimum atomic E-state index is -0.000152. The molecule has 3 rings (SSSR count). The molecule has 0 unspecified atom stereocenters. The Balaban J connectivity index is 1.67. The Labute approximate surface area is 147 Å². The van der Waals surface area contributed by atoms with Crippen LogP contribution in [0.5, 0.6) is 0 Å². The van der Waals surface area contributed by atoms with E-state index in [1.165, 1.54) is 0 Å². The van der Waals surface area contributed by atoms with Crippen LogP contribution >= 0.6 is 0 Å². The molecule has 0 bridgehead atoms. The molecule has 0 spiro atoms. The molecular formula is C20H23N3O2. The van der Waals surface area contributed by atoms with Crippen molar-refractivity contribution in [1.82, 2.24) is 15.5 Å². The quantitative estimate of drug-likeness (QED) is 0.764. The summed E-state index contributed by atoms with van der Waals surface area (Å²) in [6, 6.07) is 14.1. The largest absolute Gasteiger partial charge is 0.356 e. The van der Waals surface area contributed by atoms with Crippen molar-refractivity contribution >= 4 is 16.7 Å². The first kappa shape index (κ1) is 17.1. The molecular weight excluding hydrogens is 314 g/mol. The van der Waals surface area contributed by atoms with E-state index in [0.717, 1.165) is 16.3 Å². The Bertz CT molecular complexity index is 873. The second-order valence-corrected chi connectivity index (χ2v) is 7.38. The van der Waals surface area contributed by atoms with Crippen LogP contribution in [-0.2, 0) is 11.2 Å². The number of amides is 1. The third kappa shape index (κ3) is 4.44. The van der Waals surface area contributed by atoms with Crippen LogP contribution < -0.4 is 5.32 Å². The molecule has 0 saturated carbocycles. The molecule has 130 valence electrons. The lowest BCUT2D eigenvalue weighted by Gasteiger charge is -2.18. The monoisotopic (exact) mass is 337 g/mol. The van der Waals surface area contributed by atoms with Crippen molar-refractivity contribution < 1.29 is 9.32 Å². The molecule has 0 aliphatic carbocycles. The molecule has 5 heteroatoms. The third-order valence-corrected chi connectivity index (χ3v) is 3.88. The summed E-state index contributed by atoms with van der Waals surface area (Å²) in [6.45, 7) is 6.90. The number of aromatic nitrogens is 2. The van der Waals surface area contributed by atoms with Gasteiger partial charge in [0.15, 0.2) is 0 Å². The maximum absolute atomic E-state index is 11.9. The van der Waals surface area contributed by atoms with Crippen LogP contribution in [0, 0.1) is 5.41 Å². The number of aryl methyl sites for hydroxylation is 1. The summed E-state index contributed by atoms with van der Waals surface area (Å²) in [5.41, 5.74) is 1.01. The summed E-state index contributed by atoms with van der Waals surface area (Å²) in [5, 5.41) is 9.22. The fourth-order valence-electron chi connectivity index (χ4n) is 2.56. The van der Waals surface area contributed by atoms with Crippen LogP contribution in [0.25, 0.3) is 22.2 Å². The molecule has 5 nitrogen and oxygen atoms in total. The number of carbonyl (C=O) groups is 1. The first-order valence-electron chi connectivity index (χ1n) is 8.50. The standard InChI is InChI=1S/C20H23N3O2/c1-20(2,3)13-21-17(24)11-12-18-22-19(23-25-18)16-10-6-8-14-7-4-5-9-15(14)16/h4-10H,11-13H2,1-3H3,(H,21,24). The molecule has 0 aliphatic rings. The Morgan fingerprint density at radius 1 is 1.12 bits per heavy atom. The fourth-order valence-corrected chi connectivity index (χ4v) is 2.56. The zero-order valence-electron chi connectivity index (χ0n) is 14.9. The van der Waals surface area contributed by atoms with Gasteiger partial charge in [-0.3, -0.25) is 4.79 Å². The van der Waals surface area contributed by atoms with Crippen molar-refractivity contribution in [3.63, 3.8) is 0 Å². The maximum Gasteiger partial charge on any atom is 0.227 e. The van der Waals surface area contributed by atoms with Crippen molar-refractivity contribution in [2.24, 2.45) is 5.41 Å². The first-order valence-corrected chi connectivity index (χ1v) is 8.50. The van der Waals surface area contributed by atoms with Gasteiger partial charge in [-0.15, -0.1) is 0 Å². The SMILES string of the molecule is CC(C)(C)CNC(=O)CCc1nc(-c2cccc3ccccc23)no1. The number of nitrogens with one attached hydrogen (secondary N) is 1. The Hall–Kier alpha value is -2.69. The van der Waals surface area contributed by atoms with Crippen LogP contribution in [0.1, 0.15) is 33.1 Å². The van der Waals surface area contributed by atoms with Gasteiger partial charge >= 0.3 is 0 Å². The highest BCUT2D eigenvalue weighted by Gasteiger charge is 2.14. The van der Waals surface area contributed by atoms with Gasteiger partial charge in [-0.2, -0.15) is 4.98 Å².